The van der Waals surface area contributed by atoms with E-state index in [1.54, 1.807) is 6.20 Å². The number of nitrogens with one attached hydrogen (secondary N) is 1. The second kappa shape index (κ2) is 5.22. The number of rotatable bonds is 3. The second-order valence-corrected chi connectivity index (χ2v) is 6.24. The summed E-state index contributed by atoms with van der Waals surface area (Å²) in [5, 5.41) is 3.31. The summed E-state index contributed by atoms with van der Waals surface area (Å²) in [6.07, 6.45) is 5.77. The maximum Gasteiger partial charge on any atom is 0.272 e. The summed E-state index contributed by atoms with van der Waals surface area (Å²) >= 11 is 9.30. The molecule has 0 atom stereocenters. The van der Waals surface area contributed by atoms with E-state index in [0.717, 1.165) is 22.9 Å². The highest BCUT2D eigenvalue weighted by molar-refractivity contribution is 9.10. The minimum Gasteiger partial charge on any atom is -0.339 e. The number of halogens is 2. The molecule has 1 N–H and O–H groups in total. The predicted octanol–water partition coefficient (Wildman–Crippen LogP) is 4.19. The molecule has 0 spiro atoms. The minimum absolute atomic E-state index is 0.133. The molecule has 1 aliphatic carbocycles. The Morgan fingerprint density at radius 2 is 2.25 bits per heavy atom. The predicted molar refractivity (Wildman–Crippen MR) is 82.3 cm³/mol. The van der Waals surface area contributed by atoms with Crippen LogP contribution in [-0.2, 0) is 0 Å². The molecule has 0 radical (unpaired) electrons. The van der Waals surface area contributed by atoms with Crippen molar-refractivity contribution in [2.24, 2.45) is 0 Å². The summed E-state index contributed by atoms with van der Waals surface area (Å²) in [5.74, 6) is -0.133. The number of aryl methyl sites for hydroxylation is 1. The van der Waals surface area contributed by atoms with Gasteiger partial charge in [-0.1, -0.05) is 11.6 Å². The minimum atomic E-state index is -0.133. The highest BCUT2D eigenvalue weighted by Crippen LogP contribution is 2.37. The highest BCUT2D eigenvalue weighted by Gasteiger charge is 2.27. The smallest absolute Gasteiger partial charge is 0.272 e. The summed E-state index contributed by atoms with van der Waals surface area (Å²) in [6, 6.07) is 4.10. The Morgan fingerprint density at radius 1 is 1.50 bits per heavy atom. The molecule has 4 nitrogen and oxygen atoms in total. The molecule has 1 fully saturated rings. The van der Waals surface area contributed by atoms with Crippen LogP contribution < -0.4 is 5.32 Å². The van der Waals surface area contributed by atoms with Gasteiger partial charge in [-0.05, 0) is 53.4 Å². The topological polar surface area (TPSA) is 46.9 Å². The van der Waals surface area contributed by atoms with Crippen molar-refractivity contribution in [3.8, 4) is 0 Å². The Bertz CT molecular complexity index is 679. The Balaban J connectivity index is 1.84. The third-order valence-electron chi connectivity index (χ3n) is 3.26. The zero-order valence-corrected chi connectivity index (χ0v) is 13.2. The Kier molecular flexibility index (Phi) is 3.56. The number of hydrogen-bond donors (Lipinski definition) is 1. The molecular weight excluding hydrogens is 342 g/mol. The van der Waals surface area contributed by atoms with Gasteiger partial charge in [-0.2, -0.15) is 0 Å². The number of carbonyl (C=O) groups is 1. The number of anilines is 1. The van der Waals surface area contributed by atoms with E-state index in [0.29, 0.717) is 22.6 Å². The van der Waals surface area contributed by atoms with E-state index in [-0.39, 0.29) is 5.91 Å². The van der Waals surface area contributed by atoms with Crippen LogP contribution in [0.15, 0.2) is 29.0 Å². The summed E-state index contributed by atoms with van der Waals surface area (Å²) in [4.78, 5) is 16.4. The SMILES string of the molecule is Cc1cc(NC(=O)c2cc(Br)cn2C2CC2)cnc1Cl. The first-order valence-electron chi connectivity index (χ1n) is 6.35. The molecule has 1 amide bonds. The van der Waals surface area contributed by atoms with Crippen LogP contribution >= 0.6 is 27.5 Å². The Labute approximate surface area is 130 Å². The molecule has 0 aliphatic heterocycles. The van der Waals surface area contributed by atoms with Crippen LogP contribution in [0.4, 0.5) is 5.69 Å². The van der Waals surface area contributed by atoms with Crippen LogP contribution in [0.25, 0.3) is 0 Å². The van der Waals surface area contributed by atoms with Gasteiger partial charge in [0.1, 0.15) is 10.8 Å². The quantitative estimate of drug-likeness (QED) is 0.840. The molecule has 6 heteroatoms. The highest BCUT2D eigenvalue weighted by atomic mass is 79.9. The molecule has 1 aliphatic rings. The number of amides is 1. The fourth-order valence-corrected chi connectivity index (χ4v) is 2.64. The lowest BCUT2D eigenvalue weighted by Crippen LogP contribution is -2.16. The molecule has 0 saturated heterocycles. The summed E-state index contributed by atoms with van der Waals surface area (Å²) in [7, 11) is 0. The van der Waals surface area contributed by atoms with Crippen molar-refractivity contribution < 1.29 is 4.79 Å². The van der Waals surface area contributed by atoms with Crippen LogP contribution in [0, 0.1) is 6.92 Å². The van der Waals surface area contributed by atoms with Gasteiger partial charge in [-0.3, -0.25) is 4.79 Å². The van der Waals surface area contributed by atoms with Gasteiger partial charge in [0.2, 0.25) is 0 Å². The molecule has 0 unspecified atom stereocenters. The Hall–Kier alpha value is -1.33. The summed E-state index contributed by atoms with van der Waals surface area (Å²) in [5.41, 5.74) is 2.15. The van der Waals surface area contributed by atoms with E-state index >= 15 is 0 Å². The third-order valence-corrected chi connectivity index (χ3v) is 4.09. The van der Waals surface area contributed by atoms with Gasteiger partial charge in [0.25, 0.3) is 5.91 Å². The molecule has 3 rings (SSSR count). The van der Waals surface area contributed by atoms with Crippen molar-refractivity contribution >= 4 is 39.1 Å². The van der Waals surface area contributed by atoms with E-state index in [4.69, 9.17) is 11.6 Å². The maximum atomic E-state index is 12.4. The molecule has 2 aromatic heterocycles. The third kappa shape index (κ3) is 2.74. The molecule has 0 aromatic carbocycles. The van der Waals surface area contributed by atoms with Crippen molar-refractivity contribution in [3.05, 3.63) is 45.4 Å². The fraction of sp³-hybridized carbons (Fsp3) is 0.286. The van der Waals surface area contributed by atoms with Gasteiger partial charge in [-0.25, -0.2) is 4.98 Å². The van der Waals surface area contributed by atoms with Gasteiger partial charge in [0.05, 0.1) is 11.9 Å². The number of pyridine rings is 1. The van der Waals surface area contributed by atoms with Crippen molar-refractivity contribution in [2.75, 3.05) is 5.32 Å². The van der Waals surface area contributed by atoms with Crippen molar-refractivity contribution in [2.45, 2.75) is 25.8 Å². The largest absolute Gasteiger partial charge is 0.339 e. The Morgan fingerprint density at radius 3 is 2.90 bits per heavy atom. The lowest BCUT2D eigenvalue weighted by molar-refractivity contribution is 0.101. The fourth-order valence-electron chi connectivity index (χ4n) is 2.10. The van der Waals surface area contributed by atoms with E-state index in [1.807, 2.05) is 29.8 Å². The monoisotopic (exact) mass is 353 g/mol. The van der Waals surface area contributed by atoms with Gasteiger partial charge in [-0.15, -0.1) is 0 Å². The van der Waals surface area contributed by atoms with Crippen LogP contribution in [0.2, 0.25) is 5.15 Å². The van der Waals surface area contributed by atoms with Crippen LogP contribution in [0.3, 0.4) is 0 Å². The standard InChI is InChI=1S/C14H13BrClN3O/c1-8-4-10(6-17-13(8)16)18-14(20)12-5-9(15)7-19(12)11-2-3-11/h4-7,11H,2-3H2,1H3,(H,18,20). The second-order valence-electron chi connectivity index (χ2n) is 4.97. The van der Waals surface area contributed by atoms with Crippen LogP contribution in [0.5, 0.6) is 0 Å². The van der Waals surface area contributed by atoms with E-state index in [2.05, 4.69) is 26.2 Å². The van der Waals surface area contributed by atoms with Crippen molar-refractivity contribution in [1.82, 2.24) is 9.55 Å². The first kappa shape index (κ1) is 13.6. The normalized spacial score (nSPS) is 14.3. The zero-order chi connectivity index (χ0) is 14.3. The van der Waals surface area contributed by atoms with Gasteiger partial charge < -0.3 is 9.88 Å². The number of aromatic nitrogens is 2. The summed E-state index contributed by atoms with van der Waals surface area (Å²) in [6.45, 7) is 1.86. The average Bonchev–Trinajstić information content (AvgIpc) is 3.17. The van der Waals surface area contributed by atoms with Crippen LogP contribution in [-0.4, -0.2) is 15.5 Å². The van der Waals surface area contributed by atoms with Crippen molar-refractivity contribution in [3.63, 3.8) is 0 Å². The molecule has 20 heavy (non-hydrogen) atoms. The van der Waals surface area contributed by atoms with Crippen molar-refractivity contribution in [1.29, 1.82) is 0 Å². The first-order valence-corrected chi connectivity index (χ1v) is 7.52. The van der Waals surface area contributed by atoms with E-state index in [9.17, 15) is 4.79 Å². The van der Waals surface area contributed by atoms with Gasteiger partial charge in [0, 0.05) is 16.7 Å². The first-order chi connectivity index (χ1) is 9.54. The van der Waals surface area contributed by atoms with Gasteiger partial charge >= 0.3 is 0 Å². The molecule has 0 bridgehead atoms. The molecule has 2 heterocycles. The average molecular weight is 355 g/mol. The molecular formula is C14H13BrClN3O. The van der Waals surface area contributed by atoms with E-state index in [1.165, 1.54) is 0 Å². The molecule has 2 aromatic rings. The van der Waals surface area contributed by atoms with Gasteiger partial charge in [0.15, 0.2) is 0 Å². The zero-order valence-electron chi connectivity index (χ0n) is 10.9. The van der Waals surface area contributed by atoms with Crippen LogP contribution in [0.1, 0.15) is 34.9 Å². The lowest BCUT2D eigenvalue weighted by Gasteiger charge is -2.09. The number of nitrogens with zero attached hydrogens (tertiary/aromatic N) is 2. The molecule has 1 saturated carbocycles. The lowest BCUT2D eigenvalue weighted by atomic mass is 10.3. The number of hydrogen-bond acceptors (Lipinski definition) is 2. The molecule has 104 valence electrons. The maximum absolute atomic E-state index is 12.4. The summed E-state index contributed by atoms with van der Waals surface area (Å²) < 4.78 is 2.94. The van der Waals surface area contributed by atoms with E-state index < -0.39 is 0 Å². The number of carbonyl (C=O) groups excluding carboxylic acids is 1.